The number of carboxylic acid groups (broad SMARTS) is 1. The fourth-order valence-electron chi connectivity index (χ4n) is 2.01. The molecule has 0 bridgehead atoms. The second-order valence-corrected chi connectivity index (χ2v) is 5.13. The molecule has 1 N–H and O–H groups in total. The van der Waals surface area contributed by atoms with Gasteiger partial charge >= 0.3 is 5.97 Å². The van der Waals surface area contributed by atoms with Crippen LogP contribution in [0.15, 0.2) is 0 Å². The van der Waals surface area contributed by atoms with Crippen LogP contribution in [0.4, 0.5) is 0 Å². The van der Waals surface area contributed by atoms with Gasteiger partial charge in [0.15, 0.2) is 0 Å². The van der Waals surface area contributed by atoms with Gasteiger partial charge in [-0.3, -0.25) is 14.5 Å². The first-order valence-electron chi connectivity index (χ1n) is 5.88. The number of rotatable bonds is 5. The van der Waals surface area contributed by atoms with Crippen molar-refractivity contribution in [2.45, 2.75) is 52.0 Å². The van der Waals surface area contributed by atoms with Gasteiger partial charge in [-0.05, 0) is 25.7 Å². The third kappa shape index (κ3) is 2.65. The van der Waals surface area contributed by atoms with Gasteiger partial charge in [-0.15, -0.1) is 0 Å². The first kappa shape index (κ1) is 13.7. The van der Waals surface area contributed by atoms with Crippen LogP contribution in [0.1, 0.15) is 46.5 Å². The lowest BCUT2D eigenvalue weighted by Gasteiger charge is -2.33. The van der Waals surface area contributed by atoms with Crippen LogP contribution in [0.25, 0.3) is 0 Å². The van der Waals surface area contributed by atoms with E-state index in [0.29, 0.717) is 18.8 Å². The van der Waals surface area contributed by atoms with Gasteiger partial charge in [0.1, 0.15) is 5.54 Å². The Morgan fingerprint density at radius 1 is 1.35 bits per heavy atom. The van der Waals surface area contributed by atoms with Gasteiger partial charge in [-0.2, -0.15) is 0 Å². The molecule has 1 fully saturated rings. The molecule has 1 aliphatic heterocycles. The number of likely N-dealkylation sites (tertiary alicyclic amines) is 1. The Hall–Kier alpha value is -1.39. The zero-order valence-corrected chi connectivity index (χ0v) is 10.5. The van der Waals surface area contributed by atoms with Crippen LogP contribution in [0, 0.1) is 5.92 Å². The number of nitrogens with zero attached hydrogens (tertiary/aromatic N) is 1. The maximum Gasteiger partial charge on any atom is 0.329 e. The van der Waals surface area contributed by atoms with E-state index in [4.69, 9.17) is 0 Å². The van der Waals surface area contributed by atoms with Crippen molar-refractivity contribution in [2.75, 3.05) is 0 Å². The van der Waals surface area contributed by atoms with Gasteiger partial charge in [-0.1, -0.05) is 13.8 Å². The standard InChI is InChI=1S/C12H19NO4/c1-8(2)6-7-12(3,11(16)17)13-9(14)4-5-10(13)15/h8H,4-7H2,1-3H3,(H,16,17). The SMILES string of the molecule is CC(C)CCC(C)(C(=O)O)N1C(=O)CCC1=O. The Morgan fingerprint density at radius 3 is 2.18 bits per heavy atom. The van der Waals surface area contributed by atoms with Crippen LogP contribution in [-0.2, 0) is 14.4 Å². The smallest absolute Gasteiger partial charge is 0.329 e. The highest BCUT2D eigenvalue weighted by Gasteiger charge is 2.48. The number of imide groups is 1. The van der Waals surface area contributed by atoms with Crippen molar-refractivity contribution in [3.05, 3.63) is 0 Å². The van der Waals surface area contributed by atoms with Crippen molar-refractivity contribution in [1.82, 2.24) is 4.90 Å². The van der Waals surface area contributed by atoms with E-state index in [0.717, 1.165) is 4.90 Å². The summed E-state index contributed by atoms with van der Waals surface area (Å²) in [4.78, 5) is 35.6. The molecule has 0 aromatic carbocycles. The van der Waals surface area contributed by atoms with E-state index in [1.165, 1.54) is 6.92 Å². The van der Waals surface area contributed by atoms with E-state index in [1.807, 2.05) is 13.8 Å². The number of hydrogen-bond donors (Lipinski definition) is 1. The molecule has 5 nitrogen and oxygen atoms in total. The van der Waals surface area contributed by atoms with Crippen molar-refractivity contribution < 1.29 is 19.5 Å². The number of amides is 2. The van der Waals surface area contributed by atoms with Gasteiger partial charge in [0.25, 0.3) is 0 Å². The number of carbonyl (C=O) groups excluding carboxylic acids is 2. The van der Waals surface area contributed by atoms with Crippen LogP contribution in [0.2, 0.25) is 0 Å². The summed E-state index contributed by atoms with van der Waals surface area (Å²) in [6.45, 7) is 5.42. The molecule has 1 saturated heterocycles. The van der Waals surface area contributed by atoms with Gasteiger partial charge in [0.05, 0.1) is 0 Å². The molecule has 1 aliphatic rings. The Kier molecular flexibility index (Phi) is 3.91. The lowest BCUT2D eigenvalue weighted by atomic mass is 9.90. The minimum atomic E-state index is -1.39. The van der Waals surface area contributed by atoms with E-state index < -0.39 is 11.5 Å². The normalized spacial score (nSPS) is 19.9. The fraction of sp³-hybridized carbons (Fsp3) is 0.750. The van der Waals surface area contributed by atoms with E-state index in [9.17, 15) is 19.5 Å². The molecular weight excluding hydrogens is 222 g/mol. The lowest BCUT2D eigenvalue weighted by Crippen LogP contribution is -2.55. The second-order valence-electron chi connectivity index (χ2n) is 5.13. The Balaban J connectivity index is 2.94. The van der Waals surface area contributed by atoms with E-state index in [-0.39, 0.29) is 24.7 Å². The van der Waals surface area contributed by atoms with Gasteiger partial charge in [-0.25, -0.2) is 4.79 Å². The predicted octanol–water partition coefficient (Wildman–Crippen LogP) is 1.41. The molecule has 0 saturated carbocycles. The highest BCUT2D eigenvalue weighted by Crippen LogP contribution is 2.29. The van der Waals surface area contributed by atoms with Crippen LogP contribution in [-0.4, -0.2) is 33.3 Å². The molecule has 17 heavy (non-hydrogen) atoms. The largest absolute Gasteiger partial charge is 0.479 e. The van der Waals surface area contributed by atoms with E-state index >= 15 is 0 Å². The highest BCUT2D eigenvalue weighted by atomic mass is 16.4. The summed E-state index contributed by atoms with van der Waals surface area (Å²) >= 11 is 0. The molecule has 1 rings (SSSR count). The monoisotopic (exact) mass is 241 g/mol. The number of carbonyl (C=O) groups is 3. The molecule has 2 amide bonds. The summed E-state index contributed by atoms with van der Waals surface area (Å²) in [6.07, 6.45) is 1.23. The predicted molar refractivity (Wildman–Crippen MR) is 61.2 cm³/mol. The minimum Gasteiger partial charge on any atom is -0.479 e. The maximum absolute atomic E-state index is 11.6. The van der Waals surface area contributed by atoms with Gasteiger partial charge < -0.3 is 5.11 Å². The molecule has 1 heterocycles. The maximum atomic E-state index is 11.6. The number of carboxylic acids is 1. The third-order valence-electron chi connectivity index (χ3n) is 3.21. The molecule has 1 atom stereocenters. The molecule has 96 valence electrons. The summed E-state index contributed by atoms with van der Waals surface area (Å²) in [5.41, 5.74) is -1.39. The second kappa shape index (κ2) is 4.85. The molecule has 0 aliphatic carbocycles. The quantitative estimate of drug-likeness (QED) is 0.738. The van der Waals surface area contributed by atoms with Gasteiger partial charge in [0.2, 0.25) is 11.8 Å². The van der Waals surface area contributed by atoms with Crippen LogP contribution >= 0.6 is 0 Å². The molecule has 0 aromatic rings. The summed E-state index contributed by atoms with van der Waals surface area (Å²) in [5.74, 6) is -1.52. The van der Waals surface area contributed by atoms with Crippen molar-refractivity contribution in [3.63, 3.8) is 0 Å². The first-order chi connectivity index (χ1) is 7.79. The van der Waals surface area contributed by atoms with E-state index in [1.54, 1.807) is 0 Å². The minimum absolute atomic E-state index is 0.128. The summed E-state index contributed by atoms with van der Waals surface area (Å²) in [5, 5.41) is 9.30. The summed E-state index contributed by atoms with van der Waals surface area (Å²) in [7, 11) is 0. The molecule has 0 spiro atoms. The third-order valence-corrected chi connectivity index (χ3v) is 3.21. The average Bonchev–Trinajstić information content (AvgIpc) is 2.55. The zero-order chi connectivity index (χ0) is 13.2. The van der Waals surface area contributed by atoms with Crippen molar-refractivity contribution in [1.29, 1.82) is 0 Å². The van der Waals surface area contributed by atoms with Crippen molar-refractivity contribution in [2.24, 2.45) is 5.92 Å². The average molecular weight is 241 g/mol. The number of hydrogen-bond acceptors (Lipinski definition) is 3. The van der Waals surface area contributed by atoms with Crippen LogP contribution in [0.5, 0.6) is 0 Å². The molecule has 1 unspecified atom stereocenters. The number of aliphatic carboxylic acids is 1. The van der Waals surface area contributed by atoms with Crippen LogP contribution in [0.3, 0.4) is 0 Å². The molecule has 5 heteroatoms. The zero-order valence-electron chi connectivity index (χ0n) is 10.5. The molecule has 0 radical (unpaired) electrons. The summed E-state index contributed by atoms with van der Waals surface area (Å²) < 4.78 is 0. The Bertz CT molecular complexity index is 334. The molecular formula is C12H19NO4. The van der Waals surface area contributed by atoms with Crippen LogP contribution < -0.4 is 0 Å². The lowest BCUT2D eigenvalue weighted by molar-refractivity contribution is -0.162. The van der Waals surface area contributed by atoms with Gasteiger partial charge in [0, 0.05) is 12.8 Å². The van der Waals surface area contributed by atoms with Crippen molar-refractivity contribution >= 4 is 17.8 Å². The Morgan fingerprint density at radius 2 is 1.82 bits per heavy atom. The Labute approximate surface area is 101 Å². The topological polar surface area (TPSA) is 74.7 Å². The fourth-order valence-corrected chi connectivity index (χ4v) is 2.01. The first-order valence-corrected chi connectivity index (χ1v) is 5.88. The molecule has 0 aromatic heterocycles. The van der Waals surface area contributed by atoms with Crippen molar-refractivity contribution in [3.8, 4) is 0 Å². The summed E-state index contributed by atoms with van der Waals surface area (Å²) in [6, 6.07) is 0. The highest BCUT2D eigenvalue weighted by molar-refractivity contribution is 6.06. The van der Waals surface area contributed by atoms with E-state index in [2.05, 4.69) is 0 Å².